The smallest absolute Gasteiger partial charge is 0.295 e. The zero-order valence-corrected chi connectivity index (χ0v) is 17.9. The highest BCUT2D eigenvalue weighted by Gasteiger charge is 2.45. The Labute approximate surface area is 181 Å². The molecule has 2 aromatic rings. The largest absolute Gasteiger partial charge is 0.508 e. The quantitative estimate of drug-likeness (QED) is 0.290. The van der Waals surface area contributed by atoms with E-state index in [-0.39, 0.29) is 29.7 Å². The van der Waals surface area contributed by atoms with E-state index in [1.165, 1.54) is 24.1 Å². The second-order valence-electron chi connectivity index (χ2n) is 7.59. The van der Waals surface area contributed by atoms with Crippen LogP contribution in [0.2, 0.25) is 0 Å². The van der Waals surface area contributed by atoms with Crippen molar-refractivity contribution in [2.75, 3.05) is 20.3 Å². The molecular weight excluding hydrogens is 398 g/mol. The number of Topliss-reactive ketones (excluding diaryl/α,β-unsaturated/α-hetero) is 1. The molecule has 0 aliphatic carbocycles. The molecule has 164 valence electrons. The number of likely N-dealkylation sites (tertiary alicyclic amines) is 1. The predicted octanol–water partition coefficient (Wildman–Crippen LogP) is 3.64. The molecule has 1 saturated heterocycles. The Morgan fingerprint density at radius 2 is 1.87 bits per heavy atom. The Bertz CT molecular complexity index is 997. The summed E-state index contributed by atoms with van der Waals surface area (Å²) < 4.78 is 10.8. The molecule has 1 amide bonds. The van der Waals surface area contributed by atoms with E-state index in [1.54, 1.807) is 36.4 Å². The van der Waals surface area contributed by atoms with Gasteiger partial charge in [0, 0.05) is 18.7 Å². The van der Waals surface area contributed by atoms with Gasteiger partial charge >= 0.3 is 0 Å². The van der Waals surface area contributed by atoms with Crippen LogP contribution in [-0.4, -0.2) is 53.2 Å². The fraction of sp³-hybridized carbons (Fsp3) is 0.333. The van der Waals surface area contributed by atoms with Gasteiger partial charge in [0.2, 0.25) is 0 Å². The highest BCUT2D eigenvalue weighted by atomic mass is 16.5. The lowest BCUT2D eigenvalue weighted by Crippen LogP contribution is -2.31. The van der Waals surface area contributed by atoms with Gasteiger partial charge in [-0.2, -0.15) is 0 Å². The van der Waals surface area contributed by atoms with Gasteiger partial charge in [-0.15, -0.1) is 0 Å². The molecule has 0 aromatic heterocycles. The zero-order chi connectivity index (χ0) is 22.5. The van der Waals surface area contributed by atoms with Gasteiger partial charge in [0.25, 0.3) is 11.7 Å². The lowest BCUT2D eigenvalue weighted by molar-refractivity contribution is -0.140. The van der Waals surface area contributed by atoms with Crippen molar-refractivity contribution in [2.45, 2.75) is 32.4 Å². The second kappa shape index (κ2) is 9.66. The van der Waals surface area contributed by atoms with Crippen molar-refractivity contribution in [1.29, 1.82) is 0 Å². The summed E-state index contributed by atoms with van der Waals surface area (Å²) in [7, 11) is 1.50. The first kappa shape index (κ1) is 22.4. The summed E-state index contributed by atoms with van der Waals surface area (Å²) in [5.41, 5.74) is 0.882. The Morgan fingerprint density at radius 3 is 2.55 bits per heavy atom. The number of amides is 1. The summed E-state index contributed by atoms with van der Waals surface area (Å²) >= 11 is 0. The molecule has 1 heterocycles. The standard InChI is InChI=1S/C24H27NO6/c1-15(2)31-12-6-11-25-21(16-7-4-9-18(26)13-16)20(23(28)24(25)29)22(27)17-8-5-10-19(14-17)30-3/h4-5,7-10,13-15,21,26-27H,6,11-12H2,1-3H3/b22-20-. The average Bonchev–Trinajstić information content (AvgIpc) is 3.01. The van der Waals surface area contributed by atoms with Gasteiger partial charge in [-0.3, -0.25) is 9.59 Å². The molecule has 2 aromatic carbocycles. The molecular formula is C24H27NO6. The number of hydrogen-bond donors (Lipinski definition) is 2. The molecule has 2 N–H and O–H groups in total. The highest BCUT2D eigenvalue weighted by Crippen LogP contribution is 2.40. The summed E-state index contributed by atoms with van der Waals surface area (Å²) in [6.07, 6.45) is 0.588. The summed E-state index contributed by atoms with van der Waals surface area (Å²) in [5.74, 6) is -1.22. The number of ketones is 1. The van der Waals surface area contributed by atoms with E-state index in [4.69, 9.17) is 9.47 Å². The maximum Gasteiger partial charge on any atom is 0.295 e. The highest BCUT2D eigenvalue weighted by molar-refractivity contribution is 6.46. The van der Waals surface area contributed by atoms with Crippen molar-refractivity contribution in [3.05, 3.63) is 65.2 Å². The number of rotatable bonds is 8. The third-order valence-electron chi connectivity index (χ3n) is 5.06. The first-order valence-electron chi connectivity index (χ1n) is 10.2. The molecule has 1 unspecified atom stereocenters. The number of aromatic hydroxyl groups is 1. The predicted molar refractivity (Wildman–Crippen MR) is 116 cm³/mol. The average molecular weight is 425 g/mol. The van der Waals surface area contributed by atoms with Crippen molar-refractivity contribution in [3.63, 3.8) is 0 Å². The summed E-state index contributed by atoms with van der Waals surface area (Å²) in [6.45, 7) is 4.55. The van der Waals surface area contributed by atoms with Gasteiger partial charge in [0.15, 0.2) is 0 Å². The van der Waals surface area contributed by atoms with Crippen LogP contribution in [0.25, 0.3) is 5.76 Å². The molecule has 0 bridgehead atoms. The first-order chi connectivity index (χ1) is 14.8. The summed E-state index contributed by atoms with van der Waals surface area (Å²) in [6, 6.07) is 12.2. The number of carbonyl (C=O) groups excluding carboxylic acids is 2. The second-order valence-corrected chi connectivity index (χ2v) is 7.59. The molecule has 0 spiro atoms. The van der Waals surface area contributed by atoms with Gasteiger partial charge in [0.1, 0.15) is 17.3 Å². The van der Waals surface area contributed by atoms with Gasteiger partial charge in [-0.1, -0.05) is 24.3 Å². The third-order valence-corrected chi connectivity index (χ3v) is 5.06. The van der Waals surface area contributed by atoms with Gasteiger partial charge < -0.3 is 24.6 Å². The minimum Gasteiger partial charge on any atom is -0.508 e. The van der Waals surface area contributed by atoms with Crippen LogP contribution in [0, 0.1) is 0 Å². The van der Waals surface area contributed by atoms with E-state index in [2.05, 4.69) is 0 Å². The number of ether oxygens (including phenoxy) is 2. The van der Waals surface area contributed by atoms with Gasteiger partial charge in [0.05, 0.1) is 24.8 Å². The number of phenols is 1. The van der Waals surface area contributed by atoms with E-state index in [0.29, 0.717) is 29.9 Å². The van der Waals surface area contributed by atoms with E-state index in [9.17, 15) is 19.8 Å². The molecule has 7 nitrogen and oxygen atoms in total. The van der Waals surface area contributed by atoms with Crippen LogP contribution < -0.4 is 4.74 Å². The molecule has 1 fully saturated rings. The number of benzene rings is 2. The van der Waals surface area contributed by atoms with E-state index < -0.39 is 17.7 Å². The number of phenolic OH excluding ortho intramolecular Hbond substituents is 1. The van der Waals surface area contributed by atoms with Gasteiger partial charge in [-0.25, -0.2) is 0 Å². The SMILES string of the molecule is COc1cccc(/C(O)=C2/C(=O)C(=O)N(CCCOC(C)C)C2c2cccc(O)c2)c1. The molecule has 0 radical (unpaired) electrons. The van der Waals surface area contributed by atoms with E-state index in [0.717, 1.165) is 0 Å². The fourth-order valence-electron chi connectivity index (χ4n) is 3.63. The van der Waals surface area contributed by atoms with Crippen LogP contribution in [0.1, 0.15) is 37.4 Å². The molecule has 1 aliphatic heterocycles. The van der Waals surface area contributed by atoms with E-state index >= 15 is 0 Å². The van der Waals surface area contributed by atoms with Crippen LogP contribution in [0.4, 0.5) is 0 Å². The molecule has 1 atom stereocenters. The van der Waals surface area contributed by atoms with Crippen LogP contribution >= 0.6 is 0 Å². The molecule has 1 aliphatic rings. The Kier molecular flexibility index (Phi) is 6.97. The number of nitrogens with zero attached hydrogens (tertiary/aromatic N) is 1. The lowest BCUT2D eigenvalue weighted by atomic mass is 9.95. The summed E-state index contributed by atoms with van der Waals surface area (Å²) in [4.78, 5) is 27.3. The van der Waals surface area contributed by atoms with Gasteiger partial charge in [-0.05, 0) is 50.1 Å². The fourth-order valence-corrected chi connectivity index (χ4v) is 3.63. The number of methoxy groups -OCH3 is 1. The van der Waals surface area contributed by atoms with Crippen LogP contribution in [0.15, 0.2) is 54.1 Å². The third kappa shape index (κ3) is 4.88. The van der Waals surface area contributed by atoms with E-state index in [1.807, 2.05) is 13.8 Å². The molecule has 7 heteroatoms. The Morgan fingerprint density at radius 1 is 1.13 bits per heavy atom. The number of carbonyl (C=O) groups is 2. The zero-order valence-electron chi connectivity index (χ0n) is 17.9. The normalized spacial score (nSPS) is 18.1. The number of aliphatic hydroxyl groups is 1. The van der Waals surface area contributed by atoms with Crippen molar-refractivity contribution >= 4 is 17.4 Å². The lowest BCUT2D eigenvalue weighted by Gasteiger charge is -2.25. The van der Waals surface area contributed by atoms with Crippen molar-refractivity contribution < 1.29 is 29.3 Å². The maximum absolute atomic E-state index is 13.0. The summed E-state index contributed by atoms with van der Waals surface area (Å²) in [5, 5.41) is 21.0. The molecule has 3 rings (SSSR count). The Hall–Kier alpha value is -3.32. The van der Waals surface area contributed by atoms with Crippen molar-refractivity contribution in [2.24, 2.45) is 0 Å². The van der Waals surface area contributed by atoms with Crippen LogP contribution in [0.5, 0.6) is 11.5 Å². The maximum atomic E-state index is 13.0. The van der Waals surface area contributed by atoms with Crippen LogP contribution in [-0.2, 0) is 14.3 Å². The minimum atomic E-state index is -0.822. The topological polar surface area (TPSA) is 96.3 Å². The van der Waals surface area contributed by atoms with Crippen LogP contribution in [0.3, 0.4) is 0 Å². The van der Waals surface area contributed by atoms with Crippen molar-refractivity contribution in [3.8, 4) is 11.5 Å². The number of hydrogen-bond acceptors (Lipinski definition) is 6. The minimum absolute atomic E-state index is 0.00705. The Balaban J connectivity index is 2.05. The first-order valence-corrected chi connectivity index (χ1v) is 10.2. The van der Waals surface area contributed by atoms with Crippen molar-refractivity contribution in [1.82, 2.24) is 4.90 Å². The monoisotopic (exact) mass is 425 g/mol. The molecule has 31 heavy (non-hydrogen) atoms. The molecule has 0 saturated carbocycles. The number of aliphatic hydroxyl groups excluding tert-OH is 1.